The van der Waals surface area contributed by atoms with Gasteiger partial charge in [0, 0.05) is 19.4 Å². The predicted molar refractivity (Wildman–Crippen MR) is 77.7 cm³/mol. The molecule has 20 heavy (non-hydrogen) atoms. The van der Waals surface area contributed by atoms with Crippen LogP contribution < -0.4 is 5.48 Å². The molecule has 0 aliphatic rings. The van der Waals surface area contributed by atoms with Crippen LogP contribution in [-0.2, 0) is 19.5 Å². The van der Waals surface area contributed by atoms with Crippen molar-refractivity contribution in [2.24, 2.45) is 0 Å². The summed E-state index contributed by atoms with van der Waals surface area (Å²) >= 11 is 0. The molecule has 1 N–H and O–H groups in total. The van der Waals surface area contributed by atoms with Gasteiger partial charge in [0.05, 0.1) is 0 Å². The number of hydrogen-bond donors (Lipinski definition) is 1. The van der Waals surface area contributed by atoms with Crippen molar-refractivity contribution < 1.29 is 19.5 Å². The van der Waals surface area contributed by atoms with Crippen LogP contribution in [-0.4, -0.2) is 18.8 Å². The Kier molecular flexibility index (Phi) is 15.4. The summed E-state index contributed by atoms with van der Waals surface area (Å²) in [5.74, 6) is -0.400. The van der Waals surface area contributed by atoms with E-state index in [0.717, 1.165) is 12.7 Å². The fraction of sp³-hybridized carbons (Fsp3) is 0.867. The summed E-state index contributed by atoms with van der Waals surface area (Å²) in [5, 5.41) is 0. The van der Waals surface area contributed by atoms with Gasteiger partial charge in [0.2, 0.25) is 0 Å². The maximum absolute atomic E-state index is 11.2. The zero-order chi connectivity index (χ0) is 14.9. The van der Waals surface area contributed by atoms with E-state index < -0.39 is 5.97 Å². The molecule has 5 nitrogen and oxygen atoms in total. The van der Waals surface area contributed by atoms with E-state index in [0.29, 0.717) is 25.8 Å². The molecule has 0 rings (SSSR count). The smallest absolute Gasteiger partial charge is 0.303 e. The molecule has 0 aromatic heterocycles. The third-order valence-corrected chi connectivity index (χ3v) is 3.03. The molecule has 0 aliphatic heterocycles. The average molecular weight is 287 g/mol. The predicted octanol–water partition coefficient (Wildman–Crippen LogP) is 3.48. The zero-order valence-corrected chi connectivity index (χ0v) is 12.7. The molecule has 0 radical (unpaired) electrons. The summed E-state index contributed by atoms with van der Waals surface area (Å²) in [6.45, 7) is 2.90. The molecule has 0 heterocycles. The van der Waals surface area contributed by atoms with Crippen LogP contribution >= 0.6 is 0 Å². The van der Waals surface area contributed by atoms with E-state index in [-0.39, 0.29) is 6.42 Å². The molecule has 0 atom stereocenters. The number of carbonyl (C=O) groups excluding carboxylic acids is 2. The lowest BCUT2D eigenvalue weighted by molar-refractivity contribution is -0.308. The highest BCUT2D eigenvalue weighted by Crippen LogP contribution is 2.06. The Labute approximate surface area is 122 Å². The molecule has 0 aliphatic carbocycles. The third kappa shape index (κ3) is 15.1. The quantitative estimate of drug-likeness (QED) is 0.216. The van der Waals surface area contributed by atoms with Gasteiger partial charge in [-0.2, -0.15) is 5.48 Å². The molecule has 0 spiro atoms. The second kappa shape index (κ2) is 16.1. The normalized spacial score (nSPS) is 10.4. The van der Waals surface area contributed by atoms with Crippen molar-refractivity contribution >= 4 is 12.3 Å². The SMILES string of the molecule is CCCCCCCCCNOOC(=O)CCCCC=O. The van der Waals surface area contributed by atoms with E-state index in [1.54, 1.807) is 0 Å². The van der Waals surface area contributed by atoms with Gasteiger partial charge in [-0.15, -0.1) is 0 Å². The van der Waals surface area contributed by atoms with Crippen molar-refractivity contribution in [2.45, 2.75) is 77.6 Å². The Balaban J connectivity index is 3.11. The number of unbranched alkanes of at least 4 members (excludes halogenated alkanes) is 8. The lowest BCUT2D eigenvalue weighted by Gasteiger charge is -2.04. The van der Waals surface area contributed by atoms with Gasteiger partial charge in [0.15, 0.2) is 0 Å². The maximum atomic E-state index is 11.2. The van der Waals surface area contributed by atoms with E-state index >= 15 is 0 Å². The highest BCUT2D eigenvalue weighted by atomic mass is 17.3. The minimum atomic E-state index is -0.400. The van der Waals surface area contributed by atoms with Crippen molar-refractivity contribution in [1.82, 2.24) is 5.48 Å². The van der Waals surface area contributed by atoms with Gasteiger partial charge >= 0.3 is 5.97 Å². The fourth-order valence-corrected chi connectivity index (χ4v) is 1.81. The second-order valence-corrected chi connectivity index (χ2v) is 4.97. The summed E-state index contributed by atoms with van der Waals surface area (Å²) in [6, 6.07) is 0. The number of carbonyl (C=O) groups is 2. The van der Waals surface area contributed by atoms with Gasteiger partial charge in [-0.25, -0.2) is 4.79 Å². The van der Waals surface area contributed by atoms with E-state index in [9.17, 15) is 9.59 Å². The Hall–Kier alpha value is -0.940. The molecule has 0 bridgehead atoms. The molecule has 0 aromatic carbocycles. The van der Waals surface area contributed by atoms with Gasteiger partial charge in [0.25, 0.3) is 0 Å². The zero-order valence-electron chi connectivity index (χ0n) is 12.7. The van der Waals surface area contributed by atoms with E-state index in [1.165, 1.54) is 38.5 Å². The van der Waals surface area contributed by atoms with Crippen molar-refractivity contribution in [3.05, 3.63) is 0 Å². The largest absolute Gasteiger partial charge is 0.344 e. The standard InChI is InChI=1S/C15H29NO4/c1-2-3-4-5-6-7-10-13-16-20-19-15(18)12-9-8-11-14-17/h14,16H,2-13H2,1H3. The Morgan fingerprint density at radius 3 is 2.40 bits per heavy atom. The summed E-state index contributed by atoms with van der Waals surface area (Å²) in [7, 11) is 0. The number of aldehydes is 1. The molecule has 0 saturated heterocycles. The molecule has 0 aromatic rings. The van der Waals surface area contributed by atoms with Crippen LogP contribution in [0.15, 0.2) is 0 Å². The molecule has 0 amide bonds. The van der Waals surface area contributed by atoms with E-state index in [2.05, 4.69) is 22.3 Å². The van der Waals surface area contributed by atoms with E-state index in [4.69, 9.17) is 0 Å². The van der Waals surface area contributed by atoms with Crippen molar-refractivity contribution in [2.75, 3.05) is 6.54 Å². The Morgan fingerprint density at radius 2 is 1.70 bits per heavy atom. The number of hydrogen-bond acceptors (Lipinski definition) is 5. The van der Waals surface area contributed by atoms with Crippen LogP contribution in [0.25, 0.3) is 0 Å². The topological polar surface area (TPSA) is 64.6 Å². The summed E-state index contributed by atoms with van der Waals surface area (Å²) in [4.78, 5) is 30.4. The van der Waals surface area contributed by atoms with Gasteiger partial charge in [-0.05, 0) is 19.3 Å². The Bertz CT molecular complexity index is 234. The monoisotopic (exact) mass is 287 g/mol. The van der Waals surface area contributed by atoms with E-state index in [1.807, 2.05) is 0 Å². The molecule has 5 heteroatoms. The van der Waals surface area contributed by atoms with Crippen LogP contribution in [0.3, 0.4) is 0 Å². The second-order valence-electron chi connectivity index (χ2n) is 4.97. The van der Waals surface area contributed by atoms with Gasteiger partial charge in [-0.1, -0.05) is 50.4 Å². The first-order valence-electron chi connectivity index (χ1n) is 7.84. The summed E-state index contributed by atoms with van der Waals surface area (Å²) in [5.41, 5.74) is 2.62. The Morgan fingerprint density at radius 1 is 1.00 bits per heavy atom. The molecule has 0 fully saturated rings. The molecular weight excluding hydrogens is 258 g/mol. The maximum Gasteiger partial charge on any atom is 0.344 e. The van der Waals surface area contributed by atoms with Gasteiger partial charge in [0.1, 0.15) is 6.29 Å². The van der Waals surface area contributed by atoms with Crippen LogP contribution in [0.5, 0.6) is 0 Å². The molecular formula is C15H29NO4. The highest BCUT2D eigenvalue weighted by molar-refractivity contribution is 5.68. The van der Waals surface area contributed by atoms with Crippen LogP contribution in [0.4, 0.5) is 0 Å². The van der Waals surface area contributed by atoms with Crippen molar-refractivity contribution in [3.8, 4) is 0 Å². The number of nitrogens with one attached hydrogen (secondary N) is 1. The first kappa shape index (κ1) is 19.1. The van der Waals surface area contributed by atoms with Gasteiger partial charge in [-0.3, -0.25) is 4.89 Å². The lowest BCUT2D eigenvalue weighted by Crippen LogP contribution is -2.19. The summed E-state index contributed by atoms with van der Waals surface area (Å²) in [6.07, 6.45) is 11.6. The minimum absolute atomic E-state index is 0.285. The van der Waals surface area contributed by atoms with Crippen molar-refractivity contribution in [1.29, 1.82) is 0 Å². The molecule has 118 valence electrons. The first-order chi connectivity index (χ1) is 9.81. The lowest BCUT2D eigenvalue weighted by atomic mass is 10.1. The summed E-state index contributed by atoms with van der Waals surface area (Å²) < 4.78 is 0. The third-order valence-electron chi connectivity index (χ3n) is 3.03. The molecule has 0 saturated carbocycles. The highest BCUT2D eigenvalue weighted by Gasteiger charge is 2.03. The molecule has 0 unspecified atom stereocenters. The van der Waals surface area contributed by atoms with Crippen LogP contribution in [0, 0.1) is 0 Å². The number of hydroxylamine groups is 1. The average Bonchev–Trinajstić information content (AvgIpc) is 2.45. The fourth-order valence-electron chi connectivity index (χ4n) is 1.81. The van der Waals surface area contributed by atoms with Crippen LogP contribution in [0.2, 0.25) is 0 Å². The van der Waals surface area contributed by atoms with Gasteiger partial charge < -0.3 is 4.79 Å². The van der Waals surface area contributed by atoms with Crippen molar-refractivity contribution in [3.63, 3.8) is 0 Å². The number of rotatable bonds is 15. The minimum Gasteiger partial charge on any atom is -0.303 e. The first-order valence-corrected chi connectivity index (χ1v) is 7.84. The van der Waals surface area contributed by atoms with Crippen LogP contribution in [0.1, 0.15) is 77.6 Å².